The number of halogens is 2. The van der Waals surface area contributed by atoms with Gasteiger partial charge in [0.25, 0.3) is 0 Å². The number of aliphatic hydroxyl groups is 1. The van der Waals surface area contributed by atoms with Gasteiger partial charge >= 0.3 is 0 Å². The topological polar surface area (TPSA) is 38.7 Å². The molecule has 0 aromatic heterocycles. The molecule has 1 aromatic carbocycles. The fourth-order valence-corrected chi connectivity index (χ4v) is 2.74. The average Bonchev–Trinajstić information content (AvgIpc) is 2.77. The normalized spacial score (nSPS) is 25.2. The van der Waals surface area contributed by atoms with E-state index < -0.39 is 6.10 Å². The summed E-state index contributed by atoms with van der Waals surface area (Å²) in [6.07, 6.45) is -0.0474. The van der Waals surface area contributed by atoms with Gasteiger partial charge in [-0.3, -0.25) is 0 Å². The molecule has 0 spiro atoms. The van der Waals surface area contributed by atoms with Crippen molar-refractivity contribution < 1.29 is 14.6 Å². The van der Waals surface area contributed by atoms with Crippen molar-refractivity contribution >= 4 is 23.2 Å². The molecular formula is C13H16Cl2O3. The van der Waals surface area contributed by atoms with E-state index in [0.29, 0.717) is 33.9 Å². The highest BCUT2D eigenvalue weighted by Gasteiger charge is 2.33. The summed E-state index contributed by atoms with van der Waals surface area (Å²) in [5, 5.41) is 11.2. The van der Waals surface area contributed by atoms with Gasteiger partial charge in [0.05, 0.1) is 23.3 Å². The van der Waals surface area contributed by atoms with Gasteiger partial charge in [-0.1, -0.05) is 30.1 Å². The average molecular weight is 291 g/mol. The number of hydrogen-bond donors (Lipinski definition) is 1. The lowest BCUT2D eigenvalue weighted by molar-refractivity contribution is -0.0177. The molecule has 100 valence electrons. The molecule has 3 atom stereocenters. The van der Waals surface area contributed by atoms with E-state index in [1.165, 1.54) is 7.11 Å². The summed E-state index contributed by atoms with van der Waals surface area (Å²) in [5.74, 6) is 0.801. The Hall–Kier alpha value is -0.480. The smallest absolute Gasteiger partial charge is 0.138 e. The van der Waals surface area contributed by atoms with Gasteiger partial charge in [0, 0.05) is 18.2 Å². The molecule has 1 aliphatic heterocycles. The molecule has 1 saturated heterocycles. The molecule has 5 heteroatoms. The van der Waals surface area contributed by atoms with Gasteiger partial charge in [-0.05, 0) is 18.4 Å². The minimum atomic E-state index is -0.765. The summed E-state index contributed by atoms with van der Waals surface area (Å²) in [6, 6.07) is 3.25. The van der Waals surface area contributed by atoms with Crippen LogP contribution in [-0.4, -0.2) is 24.9 Å². The van der Waals surface area contributed by atoms with Crippen LogP contribution in [0.1, 0.15) is 25.0 Å². The van der Waals surface area contributed by atoms with Gasteiger partial charge in [-0.15, -0.1) is 0 Å². The second kappa shape index (κ2) is 5.66. The Bertz CT molecular complexity index is 436. The highest BCUT2D eigenvalue weighted by Crippen LogP contribution is 2.38. The van der Waals surface area contributed by atoms with E-state index in [-0.39, 0.29) is 6.10 Å². The Morgan fingerprint density at radius 2 is 2.11 bits per heavy atom. The summed E-state index contributed by atoms with van der Waals surface area (Å²) < 4.78 is 10.6. The van der Waals surface area contributed by atoms with Crippen molar-refractivity contribution in [2.45, 2.75) is 25.6 Å². The van der Waals surface area contributed by atoms with Crippen molar-refractivity contribution in [2.24, 2.45) is 5.92 Å². The van der Waals surface area contributed by atoms with Crippen LogP contribution < -0.4 is 4.74 Å². The Labute approximate surface area is 117 Å². The Balaban J connectivity index is 2.30. The second-order valence-corrected chi connectivity index (χ2v) is 5.37. The quantitative estimate of drug-likeness (QED) is 0.927. The van der Waals surface area contributed by atoms with Gasteiger partial charge < -0.3 is 14.6 Å². The van der Waals surface area contributed by atoms with Crippen LogP contribution in [0.4, 0.5) is 0 Å². The van der Waals surface area contributed by atoms with Crippen molar-refractivity contribution in [1.29, 1.82) is 0 Å². The maximum absolute atomic E-state index is 10.4. The van der Waals surface area contributed by atoms with Crippen LogP contribution in [0.5, 0.6) is 5.75 Å². The molecule has 0 aliphatic carbocycles. The summed E-state index contributed by atoms with van der Waals surface area (Å²) >= 11 is 12.2. The van der Waals surface area contributed by atoms with Crippen molar-refractivity contribution in [3.8, 4) is 5.75 Å². The third-order valence-corrected chi connectivity index (χ3v) is 3.97. The fraction of sp³-hybridized carbons (Fsp3) is 0.538. The molecule has 1 heterocycles. The fourth-order valence-electron chi connectivity index (χ4n) is 2.22. The molecule has 1 fully saturated rings. The number of methoxy groups -OCH3 is 1. The van der Waals surface area contributed by atoms with E-state index in [1.54, 1.807) is 12.1 Å². The lowest BCUT2D eigenvalue weighted by atomic mass is 9.94. The predicted molar refractivity (Wildman–Crippen MR) is 71.5 cm³/mol. The first-order valence-electron chi connectivity index (χ1n) is 5.87. The molecule has 1 aromatic rings. The maximum atomic E-state index is 10.4. The summed E-state index contributed by atoms with van der Waals surface area (Å²) in [6.45, 7) is 2.73. The second-order valence-electron chi connectivity index (χ2n) is 4.55. The Morgan fingerprint density at radius 1 is 1.39 bits per heavy atom. The minimum absolute atomic E-state index is 0.230. The van der Waals surface area contributed by atoms with E-state index in [4.69, 9.17) is 32.7 Å². The molecule has 1 N–H and O–H groups in total. The number of aliphatic hydroxyl groups excluding tert-OH is 1. The van der Waals surface area contributed by atoms with Crippen molar-refractivity contribution in [1.82, 2.24) is 0 Å². The highest BCUT2D eigenvalue weighted by molar-refractivity contribution is 6.34. The first-order chi connectivity index (χ1) is 8.54. The number of benzene rings is 1. The molecule has 2 rings (SSSR count). The first kappa shape index (κ1) is 13.9. The van der Waals surface area contributed by atoms with E-state index in [9.17, 15) is 5.11 Å². The van der Waals surface area contributed by atoms with Crippen molar-refractivity contribution in [3.05, 3.63) is 27.7 Å². The Kier molecular flexibility index (Phi) is 4.38. The van der Waals surface area contributed by atoms with Crippen molar-refractivity contribution in [2.75, 3.05) is 13.7 Å². The molecule has 0 radical (unpaired) electrons. The molecule has 3 unspecified atom stereocenters. The first-order valence-corrected chi connectivity index (χ1v) is 6.62. The minimum Gasteiger partial charge on any atom is -0.495 e. The Morgan fingerprint density at radius 3 is 2.67 bits per heavy atom. The third-order valence-electron chi connectivity index (χ3n) is 3.35. The van der Waals surface area contributed by atoms with Gasteiger partial charge in [-0.25, -0.2) is 0 Å². The lowest BCUT2D eigenvalue weighted by Gasteiger charge is -2.23. The third kappa shape index (κ3) is 2.59. The molecule has 0 saturated carbocycles. The predicted octanol–water partition coefficient (Wildman–Crippen LogP) is 3.46. The van der Waals surface area contributed by atoms with Crippen LogP contribution >= 0.6 is 23.2 Å². The largest absolute Gasteiger partial charge is 0.495 e. The van der Waals surface area contributed by atoms with E-state index >= 15 is 0 Å². The standard InChI is InChI=1S/C13H16Cl2O3/c1-7-3-4-18-13(7)12(16)8-5-10(15)11(17-2)6-9(8)14/h5-7,12-13,16H,3-4H2,1-2H3. The molecule has 0 amide bonds. The van der Waals surface area contributed by atoms with Gasteiger partial charge in [0.1, 0.15) is 11.9 Å². The molecular weight excluding hydrogens is 275 g/mol. The van der Waals surface area contributed by atoms with Crippen LogP contribution in [-0.2, 0) is 4.74 Å². The lowest BCUT2D eigenvalue weighted by Crippen LogP contribution is -2.23. The molecule has 0 bridgehead atoms. The zero-order valence-corrected chi connectivity index (χ0v) is 11.8. The summed E-state index contributed by atoms with van der Waals surface area (Å²) in [4.78, 5) is 0. The van der Waals surface area contributed by atoms with Crippen LogP contribution in [0.3, 0.4) is 0 Å². The van der Waals surface area contributed by atoms with Gasteiger partial charge in [0.15, 0.2) is 0 Å². The zero-order valence-electron chi connectivity index (χ0n) is 10.3. The SMILES string of the molecule is COc1cc(Cl)c(C(O)C2OCCC2C)cc1Cl. The highest BCUT2D eigenvalue weighted by atomic mass is 35.5. The molecule has 18 heavy (non-hydrogen) atoms. The van der Waals surface area contributed by atoms with Gasteiger partial charge in [-0.2, -0.15) is 0 Å². The van der Waals surface area contributed by atoms with Crippen molar-refractivity contribution in [3.63, 3.8) is 0 Å². The van der Waals surface area contributed by atoms with Crippen LogP contribution in [0.2, 0.25) is 10.0 Å². The maximum Gasteiger partial charge on any atom is 0.138 e. The summed E-state index contributed by atoms with van der Waals surface area (Å²) in [5.41, 5.74) is 0.584. The molecule has 1 aliphatic rings. The number of ether oxygens (including phenoxy) is 2. The number of rotatable bonds is 3. The molecule has 3 nitrogen and oxygen atoms in total. The van der Waals surface area contributed by atoms with Crippen LogP contribution in [0, 0.1) is 5.92 Å². The monoisotopic (exact) mass is 290 g/mol. The van der Waals surface area contributed by atoms with Crippen LogP contribution in [0.15, 0.2) is 12.1 Å². The van der Waals surface area contributed by atoms with E-state index in [2.05, 4.69) is 6.92 Å². The zero-order chi connectivity index (χ0) is 13.3. The van der Waals surface area contributed by atoms with Crippen LogP contribution in [0.25, 0.3) is 0 Å². The van der Waals surface area contributed by atoms with E-state index in [0.717, 1.165) is 6.42 Å². The number of hydrogen-bond acceptors (Lipinski definition) is 3. The summed E-state index contributed by atoms with van der Waals surface area (Å²) in [7, 11) is 1.52. The van der Waals surface area contributed by atoms with Gasteiger partial charge in [0.2, 0.25) is 0 Å². The van der Waals surface area contributed by atoms with E-state index in [1.807, 2.05) is 0 Å².